The Kier molecular flexibility index (Phi) is 4.03. The molecule has 0 aliphatic rings. The van der Waals surface area contributed by atoms with Gasteiger partial charge in [-0.3, -0.25) is 0 Å². The van der Waals surface area contributed by atoms with Gasteiger partial charge < -0.3 is 4.74 Å². The quantitative estimate of drug-likeness (QED) is 0.684. The molecule has 0 atom stereocenters. The highest BCUT2D eigenvalue weighted by Gasteiger charge is 2.10. The van der Waals surface area contributed by atoms with E-state index in [9.17, 15) is 0 Å². The van der Waals surface area contributed by atoms with Crippen molar-refractivity contribution in [2.24, 2.45) is 5.41 Å². The molecule has 1 heteroatoms. The summed E-state index contributed by atoms with van der Waals surface area (Å²) in [6.45, 7) is 7.11. The van der Waals surface area contributed by atoms with Crippen LogP contribution in [0.2, 0.25) is 0 Å². The second kappa shape index (κ2) is 5.29. The minimum Gasteiger partial charge on any atom is -0.493 e. The van der Waals surface area contributed by atoms with E-state index < -0.39 is 0 Å². The standard InChI is InChI=1S/C15H16O/c1-5-6-7-13-8-10-14(11-9-13)16-12-15(2,3)4/h1,8-11H,12H2,2-4H3. The molecule has 0 aromatic heterocycles. The van der Waals surface area contributed by atoms with E-state index in [1.165, 1.54) is 0 Å². The van der Waals surface area contributed by atoms with E-state index in [0.29, 0.717) is 6.61 Å². The van der Waals surface area contributed by atoms with Gasteiger partial charge in [0.25, 0.3) is 0 Å². The monoisotopic (exact) mass is 212 g/mol. The summed E-state index contributed by atoms with van der Waals surface area (Å²) in [5.41, 5.74) is 1.07. The molecule has 0 aliphatic heterocycles. The molecule has 0 saturated carbocycles. The van der Waals surface area contributed by atoms with Gasteiger partial charge in [0.1, 0.15) is 5.75 Å². The molecule has 0 radical (unpaired) electrons. The lowest BCUT2D eigenvalue weighted by Gasteiger charge is -2.18. The van der Waals surface area contributed by atoms with E-state index in [-0.39, 0.29) is 5.41 Å². The van der Waals surface area contributed by atoms with Crippen LogP contribution >= 0.6 is 0 Å². The summed E-state index contributed by atoms with van der Waals surface area (Å²) in [7, 11) is 0. The van der Waals surface area contributed by atoms with Crippen molar-refractivity contribution >= 4 is 0 Å². The smallest absolute Gasteiger partial charge is 0.119 e. The first-order valence-corrected chi connectivity index (χ1v) is 5.21. The van der Waals surface area contributed by atoms with Gasteiger partial charge in [0.05, 0.1) is 6.61 Å². The molecule has 0 amide bonds. The van der Waals surface area contributed by atoms with Crippen LogP contribution in [0.4, 0.5) is 0 Å². The van der Waals surface area contributed by atoms with Gasteiger partial charge in [0.2, 0.25) is 0 Å². The molecule has 0 N–H and O–H groups in total. The third kappa shape index (κ3) is 4.58. The lowest BCUT2D eigenvalue weighted by molar-refractivity contribution is 0.198. The van der Waals surface area contributed by atoms with Crippen LogP contribution in [0, 0.1) is 29.6 Å². The van der Waals surface area contributed by atoms with Crippen molar-refractivity contribution in [2.75, 3.05) is 6.61 Å². The van der Waals surface area contributed by atoms with Gasteiger partial charge in [0, 0.05) is 5.56 Å². The van der Waals surface area contributed by atoms with Crippen molar-refractivity contribution in [3.8, 4) is 29.9 Å². The molecular weight excluding hydrogens is 196 g/mol. The summed E-state index contributed by atoms with van der Waals surface area (Å²) < 4.78 is 5.64. The SMILES string of the molecule is C#CC#Cc1ccc(OCC(C)(C)C)cc1. The Bertz CT molecular complexity index is 430. The Balaban J connectivity index is 2.62. The molecule has 1 rings (SSSR count). The molecule has 1 aromatic carbocycles. The molecule has 0 fully saturated rings. The van der Waals surface area contributed by atoms with Crippen molar-refractivity contribution in [3.63, 3.8) is 0 Å². The summed E-state index contributed by atoms with van der Waals surface area (Å²) in [6, 6.07) is 7.63. The molecule has 0 unspecified atom stereocenters. The summed E-state index contributed by atoms with van der Waals surface area (Å²) >= 11 is 0. The van der Waals surface area contributed by atoms with E-state index in [4.69, 9.17) is 11.2 Å². The summed E-state index contributed by atoms with van der Waals surface area (Å²) in [5, 5.41) is 0. The average Bonchev–Trinajstić information content (AvgIpc) is 2.24. The van der Waals surface area contributed by atoms with Crippen LogP contribution in [-0.2, 0) is 0 Å². The zero-order valence-corrected chi connectivity index (χ0v) is 10.0. The maximum absolute atomic E-state index is 5.64. The molecule has 1 nitrogen and oxygen atoms in total. The molecule has 0 aliphatic carbocycles. The summed E-state index contributed by atoms with van der Waals surface area (Å²) in [4.78, 5) is 0. The molecule has 1 aromatic rings. The third-order valence-corrected chi connectivity index (χ3v) is 1.81. The Morgan fingerprint density at radius 3 is 2.31 bits per heavy atom. The predicted octanol–water partition coefficient (Wildman–Crippen LogP) is 3.10. The van der Waals surface area contributed by atoms with Crippen molar-refractivity contribution in [2.45, 2.75) is 20.8 Å². The van der Waals surface area contributed by atoms with Gasteiger partial charge in [-0.15, -0.1) is 6.42 Å². The van der Waals surface area contributed by atoms with E-state index >= 15 is 0 Å². The highest BCUT2D eigenvalue weighted by molar-refractivity contribution is 5.41. The Labute approximate surface area is 97.8 Å². The van der Waals surface area contributed by atoms with E-state index in [2.05, 4.69) is 38.5 Å². The Morgan fingerprint density at radius 1 is 1.19 bits per heavy atom. The molecule has 0 saturated heterocycles. The second-order valence-electron chi connectivity index (χ2n) is 4.77. The third-order valence-electron chi connectivity index (χ3n) is 1.81. The number of benzene rings is 1. The van der Waals surface area contributed by atoms with Gasteiger partial charge in [-0.25, -0.2) is 0 Å². The van der Waals surface area contributed by atoms with Crippen LogP contribution in [0.1, 0.15) is 26.3 Å². The zero-order chi connectivity index (χ0) is 12.0. The lowest BCUT2D eigenvalue weighted by Crippen LogP contribution is -2.16. The summed E-state index contributed by atoms with van der Waals surface area (Å²) in [6.07, 6.45) is 5.05. The summed E-state index contributed by atoms with van der Waals surface area (Å²) in [5.74, 6) is 8.58. The molecular formula is C15H16O. The van der Waals surface area contributed by atoms with Gasteiger partial charge in [-0.2, -0.15) is 0 Å². The van der Waals surface area contributed by atoms with Crippen LogP contribution in [-0.4, -0.2) is 6.61 Å². The number of hydrogen-bond donors (Lipinski definition) is 0. The number of hydrogen-bond acceptors (Lipinski definition) is 1. The fraction of sp³-hybridized carbons (Fsp3) is 0.333. The average molecular weight is 212 g/mol. The van der Waals surface area contributed by atoms with Crippen molar-refractivity contribution < 1.29 is 4.74 Å². The molecule has 0 bridgehead atoms. The first-order valence-electron chi connectivity index (χ1n) is 5.21. The maximum Gasteiger partial charge on any atom is 0.119 e. The fourth-order valence-electron chi connectivity index (χ4n) is 1.04. The van der Waals surface area contributed by atoms with E-state index in [1.54, 1.807) is 0 Å². The highest BCUT2D eigenvalue weighted by Crippen LogP contribution is 2.17. The Hall–Kier alpha value is -1.86. The van der Waals surface area contributed by atoms with Gasteiger partial charge in [0.15, 0.2) is 0 Å². The number of rotatable bonds is 2. The largest absolute Gasteiger partial charge is 0.493 e. The molecule has 0 spiro atoms. The highest BCUT2D eigenvalue weighted by atomic mass is 16.5. The van der Waals surface area contributed by atoms with Crippen LogP contribution < -0.4 is 4.74 Å². The van der Waals surface area contributed by atoms with Crippen LogP contribution in [0.5, 0.6) is 5.75 Å². The first kappa shape index (κ1) is 12.2. The minimum absolute atomic E-state index is 0.169. The van der Waals surface area contributed by atoms with E-state index in [1.807, 2.05) is 24.3 Å². The topological polar surface area (TPSA) is 9.23 Å². The van der Waals surface area contributed by atoms with Crippen LogP contribution in [0.3, 0.4) is 0 Å². The normalized spacial score (nSPS) is 9.88. The molecule has 0 heterocycles. The predicted molar refractivity (Wildman–Crippen MR) is 67.1 cm³/mol. The van der Waals surface area contributed by atoms with Crippen LogP contribution in [0.25, 0.3) is 0 Å². The fourth-order valence-corrected chi connectivity index (χ4v) is 1.04. The van der Waals surface area contributed by atoms with Gasteiger partial charge in [-0.05, 0) is 41.5 Å². The van der Waals surface area contributed by atoms with Gasteiger partial charge >= 0.3 is 0 Å². The maximum atomic E-state index is 5.64. The Morgan fingerprint density at radius 2 is 1.81 bits per heavy atom. The van der Waals surface area contributed by atoms with Crippen molar-refractivity contribution in [3.05, 3.63) is 29.8 Å². The second-order valence-corrected chi connectivity index (χ2v) is 4.77. The van der Waals surface area contributed by atoms with Crippen molar-refractivity contribution in [1.29, 1.82) is 0 Å². The first-order chi connectivity index (χ1) is 7.51. The minimum atomic E-state index is 0.169. The number of ether oxygens (including phenoxy) is 1. The van der Waals surface area contributed by atoms with Crippen LogP contribution in [0.15, 0.2) is 24.3 Å². The van der Waals surface area contributed by atoms with E-state index in [0.717, 1.165) is 11.3 Å². The zero-order valence-electron chi connectivity index (χ0n) is 10.0. The molecule has 82 valence electrons. The lowest BCUT2D eigenvalue weighted by atomic mass is 9.99. The van der Waals surface area contributed by atoms with Gasteiger partial charge in [-0.1, -0.05) is 26.7 Å². The number of terminal acetylenes is 1. The van der Waals surface area contributed by atoms with Crippen molar-refractivity contribution in [1.82, 2.24) is 0 Å². The molecule has 16 heavy (non-hydrogen) atoms.